The van der Waals surface area contributed by atoms with Gasteiger partial charge in [0.05, 0.1) is 0 Å². The van der Waals surface area contributed by atoms with Gasteiger partial charge in [-0.05, 0) is 118 Å². The van der Waals surface area contributed by atoms with Gasteiger partial charge in [-0.1, -0.05) is 74.0 Å². The molecule has 0 atom stereocenters. The van der Waals surface area contributed by atoms with E-state index in [4.69, 9.17) is 5.73 Å². The van der Waals surface area contributed by atoms with E-state index in [1.54, 1.807) is 19.3 Å². The molecule has 0 radical (unpaired) electrons. The number of carbonyl (C=O) groups excluding carboxylic acids is 2. The Kier molecular flexibility index (Phi) is 9.91. The highest BCUT2D eigenvalue weighted by Gasteiger charge is 2.19. The van der Waals surface area contributed by atoms with Crippen LogP contribution in [0.25, 0.3) is 43.1 Å². The molecule has 2 aromatic heterocycles. The lowest BCUT2D eigenvalue weighted by atomic mass is 9.84. The van der Waals surface area contributed by atoms with Gasteiger partial charge in [0.25, 0.3) is 0 Å². The summed E-state index contributed by atoms with van der Waals surface area (Å²) in [5, 5.41) is 8.86. The molecule has 0 spiro atoms. The molecular weight excluding hydrogens is 554 g/mol. The minimum Gasteiger partial charge on any atom is -0.330 e. The number of carbonyl (C=O) groups is 2. The molecule has 7 rings (SSSR count). The van der Waals surface area contributed by atoms with E-state index in [0.29, 0.717) is 6.54 Å². The molecule has 226 valence electrons. The second kappa shape index (κ2) is 14.2. The van der Waals surface area contributed by atoms with Crippen molar-refractivity contribution < 1.29 is 9.59 Å². The second-order valence-electron chi connectivity index (χ2n) is 11.4. The van der Waals surface area contributed by atoms with Gasteiger partial charge in [-0.25, -0.2) is 0 Å². The van der Waals surface area contributed by atoms with Gasteiger partial charge in [0.15, 0.2) is 12.1 Å². The smallest absolute Gasteiger partial charge is 0.160 e. The largest absolute Gasteiger partial charge is 0.330 e. The third-order valence-electron chi connectivity index (χ3n) is 8.27. The SMILES string of the molecule is CC(=O)c1ccc2c3ccc(C)c4c(C=O)ccc(c5ccc(C)c1c52)c43.CCCc1cccnc1.NCCc1cccnc1. The van der Waals surface area contributed by atoms with Gasteiger partial charge in [0.2, 0.25) is 0 Å². The molecule has 0 aliphatic carbocycles. The van der Waals surface area contributed by atoms with E-state index in [9.17, 15) is 9.59 Å². The number of aldehydes is 1. The normalized spacial score (nSPS) is 10.9. The lowest BCUT2D eigenvalue weighted by molar-refractivity contribution is 0.101. The lowest BCUT2D eigenvalue weighted by Gasteiger charge is -2.18. The van der Waals surface area contributed by atoms with E-state index >= 15 is 0 Å². The molecule has 0 amide bonds. The Hall–Kier alpha value is -5.00. The van der Waals surface area contributed by atoms with Crippen LogP contribution in [0.5, 0.6) is 0 Å². The third-order valence-corrected chi connectivity index (χ3v) is 8.27. The van der Waals surface area contributed by atoms with Crippen molar-refractivity contribution in [1.82, 2.24) is 9.97 Å². The number of ketones is 1. The first-order chi connectivity index (χ1) is 21.9. The monoisotopic (exact) mass is 593 g/mol. The summed E-state index contributed by atoms with van der Waals surface area (Å²) in [7, 11) is 0. The number of rotatable bonds is 6. The average Bonchev–Trinajstić information content (AvgIpc) is 3.06. The minimum atomic E-state index is 0.0814. The van der Waals surface area contributed by atoms with Crippen molar-refractivity contribution in [2.75, 3.05) is 6.54 Å². The number of hydrogen-bond acceptors (Lipinski definition) is 5. The van der Waals surface area contributed by atoms with E-state index in [1.165, 1.54) is 17.5 Å². The molecule has 0 aliphatic rings. The molecule has 0 saturated carbocycles. The molecule has 0 saturated heterocycles. The van der Waals surface area contributed by atoms with Gasteiger partial charge in [-0.15, -0.1) is 0 Å². The molecular formula is C40H39N3O2. The highest BCUT2D eigenvalue weighted by molar-refractivity contribution is 6.35. The lowest BCUT2D eigenvalue weighted by Crippen LogP contribution is -2.02. The van der Waals surface area contributed by atoms with E-state index < -0.39 is 0 Å². The maximum absolute atomic E-state index is 12.3. The summed E-state index contributed by atoms with van der Waals surface area (Å²) < 4.78 is 0. The van der Waals surface area contributed by atoms with Crippen LogP contribution in [0.2, 0.25) is 0 Å². The van der Waals surface area contributed by atoms with Gasteiger partial charge in [0, 0.05) is 35.9 Å². The average molecular weight is 594 g/mol. The third kappa shape index (κ3) is 6.45. The Morgan fingerprint density at radius 1 is 0.689 bits per heavy atom. The summed E-state index contributed by atoms with van der Waals surface area (Å²) in [4.78, 5) is 31.9. The van der Waals surface area contributed by atoms with Gasteiger partial charge >= 0.3 is 0 Å². The predicted octanol–water partition coefficient (Wildman–Crippen LogP) is 8.99. The minimum absolute atomic E-state index is 0.0814. The molecule has 0 aliphatic heterocycles. The number of aryl methyl sites for hydroxylation is 3. The van der Waals surface area contributed by atoms with Crippen molar-refractivity contribution in [3.8, 4) is 0 Å². The maximum atomic E-state index is 12.3. The van der Waals surface area contributed by atoms with Crippen LogP contribution in [-0.4, -0.2) is 28.6 Å². The van der Waals surface area contributed by atoms with Crippen molar-refractivity contribution in [3.63, 3.8) is 0 Å². The van der Waals surface area contributed by atoms with E-state index in [0.717, 1.165) is 84.5 Å². The van der Waals surface area contributed by atoms with Crippen molar-refractivity contribution in [2.45, 2.75) is 47.0 Å². The molecule has 5 heteroatoms. The van der Waals surface area contributed by atoms with Crippen molar-refractivity contribution >= 4 is 55.2 Å². The molecule has 45 heavy (non-hydrogen) atoms. The van der Waals surface area contributed by atoms with E-state index in [1.807, 2.05) is 48.8 Å². The zero-order chi connectivity index (χ0) is 31.9. The number of nitrogens with two attached hydrogens (primary N) is 1. The van der Waals surface area contributed by atoms with Crippen molar-refractivity contribution in [2.24, 2.45) is 5.73 Å². The van der Waals surface area contributed by atoms with Gasteiger partial charge in [-0.2, -0.15) is 0 Å². The molecule has 0 fully saturated rings. The number of fused-ring (bicyclic) bond motifs is 2. The molecule has 7 aromatic rings. The fourth-order valence-electron chi connectivity index (χ4n) is 6.20. The summed E-state index contributed by atoms with van der Waals surface area (Å²) >= 11 is 0. The Bertz CT molecular complexity index is 2030. The highest BCUT2D eigenvalue weighted by Crippen LogP contribution is 2.43. The molecule has 5 aromatic carbocycles. The van der Waals surface area contributed by atoms with Crippen LogP contribution >= 0.6 is 0 Å². The zero-order valence-electron chi connectivity index (χ0n) is 26.4. The van der Waals surface area contributed by atoms with Gasteiger partial charge in [0.1, 0.15) is 0 Å². The van der Waals surface area contributed by atoms with Crippen LogP contribution in [-0.2, 0) is 12.8 Å². The summed E-state index contributed by atoms with van der Waals surface area (Å²) in [6, 6.07) is 24.4. The van der Waals surface area contributed by atoms with Gasteiger partial charge in [-0.3, -0.25) is 19.6 Å². The Morgan fingerprint density at radius 2 is 1.20 bits per heavy atom. The molecule has 0 bridgehead atoms. The number of nitrogens with zero attached hydrogens (tertiary/aromatic N) is 2. The highest BCUT2D eigenvalue weighted by atomic mass is 16.1. The maximum Gasteiger partial charge on any atom is 0.160 e. The first-order valence-corrected chi connectivity index (χ1v) is 15.5. The summed E-state index contributed by atoms with van der Waals surface area (Å²) in [5.41, 5.74) is 11.6. The summed E-state index contributed by atoms with van der Waals surface area (Å²) in [5.74, 6) is 0.0814. The van der Waals surface area contributed by atoms with Crippen LogP contribution in [0.1, 0.15) is 63.2 Å². The Morgan fingerprint density at radius 3 is 1.69 bits per heavy atom. The Balaban J connectivity index is 0.000000181. The number of Topliss-reactive ketones (excluding diaryl/α,β-unsaturated/α-hetero) is 1. The zero-order valence-corrected chi connectivity index (χ0v) is 26.4. The molecule has 0 unspecified atom stereocenters. The standard InChI is InChI=1S/C25H18O2.C8H11N.C7H10N2/c1-13-4-7-18-21-11-10-17(15(3)27)23-14(2)5-8-19(25(21)23)20-9-6-16(12-26)22(13)24(18)20;1-2-4-8-5-3-6-9-7-8;8-4-3-7-2-1-5-9-6-7/h4-12H,1-3H3;3,5-7H,2,4H2,1H3;1-2,5-6H,3-4,8H2. The predicted molar refractivity (Wildman–Crippen MR) is 188 cm³/mol. The number of hydrogen-bond donors (Lipinski definition) is 1. The summed E-state index contributed by atoms with van der Waals surface area (Å²) in [6.45, 7) is 8.61. The van der Waals surface area contributed by atoms with E-state index in [-0.39, 0.29) is 5.78 Å². The van der Waals surface area contributed by atoms with E-state index in [2.05, 4.69) is 67.1 Å². The van der Waals surface area contributed by atoms with Crippen molar-refractivity contribution in [1.29, 1.82) is 0 Å². The topological polar surface area (TPSA) is 85.9 Å². The molecule has 5 nitrogen and oxygen atoms in total. The quantitative estimate of drug-likeness (QED) is 0.0900. The van der Waals surface area contributed by atoms with Crippen LogP contribution in [0.4, 0.5) is 0 Å². The number of benzene rings is 5. The number of pyridine rings is 2. The molecule has 2 N–H and O–H groups in total. The van der Waals surface area contributed by atoms with Gasteiger partial charge < -0.3 is 5.73 Å². The van der Waals surface area contributed by atoms with Crippen LogP contribution < -0.4 is 5.73 Å². The fraction of sp³-hybridized carbons (Fsp3) is 0.200. The summed E-state index contributed by atoms with van der Waals surface area (Å²) in [6.07, 6.45) is 11.5. The van der Waals surface area contributed by atoms with Crippen molar-refractivity contribution in [3.05, 3.63) is 131 Å². The second-order valence-corrected chi connectivity index (χ2v) is 11.4. The van der Waals surface area contributed by atoms with Crippen LogP contribution in [0.3, 0.4) is 0 Å². The molecule has 2 heterocycles. The number of aromatic nitrogens is 2. The first kappa shape index (κ1) is 31.4. The Labute approximate surface area is 264 Å². The van der Waals surface area contributed by atoms with Crippen LogP contribution in [0.15, 0.2) is 97.6 Å². The first-order valence-electron chi connectivity index (χ1n) is 15.5. The van der Waals surface area contributed by atoms with Crippen LogP contribution in [0, 0.1) is 13.8 Å². The fourth-order valence-corrected chi connectivity index (χ4v) is 6.20.